The van der Waals surface area contributed by atoms with Crippen LogP contribution in [-0.2, 0) is 0 Å². The van der Waals surface area contributed by atoms with Gasteiger partial charge in [-0.3, -0.25) is 0 Å². The molecule has 1 heterocycles. The topological polar surface area (TPSA) is 38.0 Å². The average Bonchev–Trinajstić information content (AvgIpc) is 1.77. The molecule has 8 heavy (non-hydrogen) atoms. The van der Waals surface area contributed by atoms with Crippen LogP contribution in [0.2, 0.25) is 0 Å². The Morgan fingerprint density at radius 1 is 1.75 bits per heavy atom. The largest absolute Gasteiger partial charge is 0.372 e. The highest BCUT2D eigenvalue weighted by Gasteiger charge is 2.01. The van der Waals surface area contributed by atoms with E-state index >= 15 is 0 Å². The van der Waals surface area contributed by atoms with Crippen LogP contribution in [0.3, 0.4) is 0 Å². The van der Waals surface area contributed by atoms with Crippen molar-refractivity contribution in [1.29, 1.82) is 0 Å². The highest BCUT2D eigenvalue weighted by Crippen LogP contribution is 1.99. The van der Waals surface area contributed by atoms with Crippen LogP contribution in [0.4, 0.5) is 0 Å². The molecule has 3 N–H and O–H groups in total. The molecule has 44 valence electrons. The molecule has 0 fully saturated rings. The van der Waals surface area contributed by atoms with Crippen molar-refractivity contribution in [2.45, 2.75) is 13.1 Å². The molecule has 0 saturated heterocycles. The summed E-state index contributed by atoms with van der Waals surface area (Å²) < 4.78 is 0. The lowest BCUT2D eigenvalue weighted by atomic mass is 10.2. The third kappa shape index (κ3) is 0.898. The fourth-order valence-corrected chi connectivity index (χ4v) is 0.594. The molecule has 2 heteroatoms. The lowest BCUT2D eigenvalue weighted by Gasteiger charge is -2.14. The summed E-state index contributed by atoms with van der Waals surface area (Å²) in [6, 6.07) is 0. The summed E-state index contributed by atoms with van der Waals surface area (Å²) in [5.41, 5.74) is 6.72. The molecule has 0 aromatic heterocycles. The first-order chi connectivity index (χ1) is 3.80. The van der Waals surface area contributed by atoms with Crippen molar-refractivity contribution < 1.29 is 0 Å². The SMILES string of the molecule is CC1=CC=CNC1N. The second-order valence-electron chi connectivity index (χ2n) is 1.91. The Labute approximate surface area is 49.1 Å². The minimum absolute atomic E-state index is 0.0278. The van der Waals surface area contributed by atoms with E-state index in [1.165, 1.54) is 5.57 Å². The third-order valence-corrected chi connectivity index (χ3v) is 1.22. The van der Waals surface area contributed by atoms with Gasteiger partial charge in [-0.25, -0.2) is 0 Å². The molecule has 2 nitrogen and oxygen atoms in total. The van der Waals surface area contributed by atoms with E-state index in [9.17, 15) is 0 Å². The van der Waals surface area contributed by atoms with E-state index in [1.54, 1.807) is 0 Å². The Balaban J connectivity index is 2.66. The fourth-order valence-electron chi connectivity index (χ4n) is 0.594. The van der Waals surface area contributed by atoms with E-state index in [2.05, 4.69) is 5.32 Å². The molecule has 0 saturated carbocycles. The van der Waals surface area contributed by atoms with E-state index in [4.69, 9.17) is 5.73 Å². The molecule has 0 aromatic rings. The van der Waals surface area contributed by atoms with Gasteiger partial charge in [0.05, 0.1) is 6.17 Å². The number of hydrogen-bond donors (Lipinski definition) is 2. The van der Waals surface area contributed by atoms with Crippen LogP contribution >= 0.6 is 0 Å². The van der Waals surface area contributed by atoms with Crippen molar-refractivity contribution in [2.24, 2.45) is 5.73 Å². The van der Waals surface area contributed by atoms with Crippen molar-refractivity contribution >= 4 is 0 Å². The molecule has 1 rings (SSSR count). The number of nitrogens with two attached hydrogens (primary N) is 1. The first-order valence-electron chi connectivity index (χ1n) is 2.65. The van der Waals surface area contributed by atoms with Crippen LogP contribution in [0, 0.1) is 0 Å². The molecule has 0 amide bonds. The first-order valence-corrected chi connectivity index (χ1v) is 2.65. The summed E-state index contributed by atoms with van der Waals surface area (Å²) in [5, 5.41) is 2.96. The van der Waals surface area contributed by atoms with Crippen LogP contribution < -0.4 is 11.1 Å². The molecular weight excluding hydrogens is 100 g/mol. The van der Waals surface area contributed by atoms with E-state index in [1.807, 2.05) is 25.3 Å². The zero-order valence-corrected chi connectivity index (χ0v) is 4.89. The van der Waals surface area contributed by atoms with Gasteiger partial charge in [-0.15, -0.1) is 0 Å². The first kappa shape index (κ1) is 5.38. The minimum atomic E-state index is 0.0278. The average molecular weight is 110 g/mol. The van der Waals surface area contributed by atoms with Crippen LogP contribution in [0.5, 0.6) is 0 Å². The zero-order chi connectivity index (χ0) is 5.98. The van der Waals surface area contributed by atoms with Crippen molar-refractivity contribution in [3.63, 3.8) is 0 Å². The van der Waals surface area contributed by atoms with E-state index < -0.39 is 0 Å². The Kier molecular flexibility index (Phi) is 1.35. The Morgan fingerprint density at radius 3 is 2.88 bits per heavy atom. The number of hydrogen-bond acceptors (Lipinski definition) is 2. The maximum atomic E-state index is 5.55. The van der Waals surface area contributed by atoms with Crippen molar-refractivity contribution in [1.82, 2.24) is 5.32 Å². The quantitative estimate of drug-likeness (QED) is 0.471. The molecule has 0 spiro atoms. The number of allylic oxidation sites excluding steroid dienone is 2. The van der Waals surface area contributed by atoms with Crippen LogP contribution in [-0.4, -0.2) is 6.17 Å². The standard InChI is InChI=1S/C6H10N2/c1-5-3-2-4-8-6(5)7/h2-4,6,8H,7H2,1H3. The molecule has 1 unspecified atom stereocenters. The van der Waals surface area contributed by atoms with E-state index in [-0.39, 0.29) is 6.17 Å². The Morgan fingerprint density at radius 2 is 2.50 bits per heavy atom. The minimum Gasteiger partial charge on any atom is -0.372 e. The van der Waals surface area contributed by atoms with Crippen LogP contribution in [0.15, 0.2) is 23.9 Å². The number of dihydropyridines is 1. The van der Waals surface area contributed by atoms with Crippen LogP contribution in [0.25, 0.3) is 0 Å². The van der Waals surface area contributed by atoms with Gasteiger partial charge >= 0.3 is 0 Å². The van der Waals surface area contributed by atoms with Gasteiger partial charge in [0.25, 0.3) is 0 Å². The monoisotopic (exact) mass is 110 g/mol. The summed E-state index contributed by atoms with van der Waals surface area (Å²) in [4.78, 5) is 0. The second-order valence-corrected chi connectivity index (χ2v) is 1.91. The molecule has 0 aromatic carbocycles. The predicted molar refractivity (Wildman–Crippen MR) is 34.0 cm³/mol. The van der Waals surface area contributed by atoms with Crippen molar-refractivity contribution in [2.75, 3.05) is 0 Å². The number of rotatable bonds is 0. The fraction of sp³-hybridized carbons (Fsp3) is 0.333. The lowest BCUT2D eigenvalue weighted by molar-refractivity contribution is 0.687. The Bertz CT molecular complexity index is 135. The van der Waals surface area contributed by atoms with E-state index in [0.29, 0.717) is 0 Å². The second kappa shape index (κ2) is 2.01. The van der Waals surface area contributed by atoms with Gasteiger partial charge in [0.2, 0.25) is 0 Å². The van der Waals surface area contributed by atoms with Gasteiger partial charge in [-0.1, -0.05) is 6.08 Å². The van der Waals surface area contributed by atoms with Gasteiger partial charge in [0.15, 0.2) is 0 Å². The smallest absolute Gasteiger partial charge is 0.0961 e. The molecule has 0 bridgehead atoms. The van der Waals surface area contributed by atoms with E-state index in [0.717, 1.165) is 0 Å². The van der Waals surface area contributed by atoms with Gasteiger partial charge in [0.1, 0.15) is 0 Å². The summed E-state index contributed by atoms with van der Waals surface area (Å²) in [6.45, 7) is 2.00. The van der Waals surface area contributed by atoms with Gasteiger partial charge in [-0.2, -0.15) is 0 Å². The van der Waals surface area contributed by atoms with Crippen LogP contribution in [0.1, 0.15) is 6.92 Å². The molecular formula is C6H10N2. The summed E-state index contributed by atoms with van der Waals surface area (Å²) in [5.74, 6) is 0. The van der Waals surface area contributed by atoms with Gasteiger partial charge in [0, 0.05) is 0 Å². The predicted octanol–water partition coefficient (Wildman–Crippen LogP) is 0.334. The third-order valence-electron chi connectivity index (χ3n) is 1.22. The molecule has 1 aliphatic heterocycles. The lowest BCUT2D eigenvalue weighted by Crippen LogP contribution is -2.35. The summed E-state index contributed by atoms with van der Waals surface area (Å²) >= 11 is 0. The maximum absolute atomic E-state index is 5.55. The normalized spacial score (nSPS) is 26.8. The van der Waals surface area contributed by atoms with Gasteiger partial charge in [-0.05, 0) is 24.8 Å². The molecule has 1 atom stereocenters. The Hall–Kier alpha value is -0.760. The van der Waals surface area contributed by atoms with Gasteiger partial charge < -0.3 is 11.1 Å². The molecule has 0 radical (unpaired) electrons. The molecule has 0 aliphatic carbocycles. The highest BCUT2D eigenvalue weighted by molar-refractivity contribution is 5.19. The van der Waals surface area contributed by atoms with Crippen molar-refractivity contribution in [3.8, 4) is 0 Å². The maximum Gasteiger partial charge on any atom is 0.0961 e. The zero-order valence-electron chi connectivity index (χ0n) is 4.89. The summed E-state index contributed by atoms with van der Waals surface area (Å²) in [6.07, 6.45) is 5.82. The highest BCUT2D eigenvalue weighted by atomic mass is 15.0. The summed E-state index contributed by atoms with van der Waals surface area (Å²) in [7, 11) is 0. The van der Waals surface area contributed by atoms with Crippen molar-refractivity contribution in [3.05, 3.63) is 23.9 Å². The molecule has 1 aliphatic rings. The number of nitrogens with one attached hydrogen (secondary N) is 1.